The zero-order valence-corrected chi connectivity index (χ0v) is 11.0. The fourth-order valence-electron chi connectivity index (χ4n) is 2.81. The molecule has 0 aliphatic carbocycles. The van der Waals surface area contributed by atoms with Crippen molar-refractivity contribution in [3.05, 3.63) is 0 Å². The van der Waals surface area contributed by atoms with Gasteiger partial charge in [-0.1, -0.05) is 0 Å². The van der Waals surface area contributed by atoms with E-state index in [-0.39, 0.29) is 23.5 Å². The smallest absolute Gasteiger partial charge is 0.308 e. The molecule has 2 heterocycles. The van der Waals surface area contributed by atoms with Crippen molar-refractivity contribution in [2.75, 3.05) is 18.1 Å². The summed E-state index contributed by atoms with van der Waals surface area (Å²) >= 11 is 0. The highest BCUT2D eigenvalue weighted by molar-refractivity contribution is 7.91. The molecular formula is C11H17NO5S. The summed E-state index contributed by atoms with van der Waals surface area (Å²) in [6.45, 7) is 2.13. The van der Waals surface area contributed by atoms with E-state index in [0.717, 1.165) is 0 Å². The fraction of sp³-hybridized carbons (Fsp3) is 0.818. The maximum Gasteiger partial charge on any atom is 0.308 e. The molecule has 0 aromatic rings. The number of carboxylic acids is 1. The van der Waals surface area contributed by atoms with Gasteiger partial charge in [0.15, 0.2) is 9.84 Å². The molecule has 0 bridgehead atoms. The lowest BCUT2D eigenvalue weighted by Gasteiger charge is -2.25. The van der Waals surface area contributed by atoms with E-state index in [1.807, 2.05) is 0 Å². The maximum absolute atomic E-state index is 12.2. The van der Waals surface area contributed by atoms with Gasteiger partial charge in [0.2, 0.25) is 5.91 Å². The van der Waals surface area contributed by atoms with Gasteiger partial charge in [-0.3, -0.25) is 9.59 Å². The quantitative estimate of drug-likeness (QED) is 0.750. The van der Waals surface area contributed by atoms with Crippen molar-refractivity contribution in [3.63, 3.8) is 0 Å². The normalized spacial score (nSPS) is 34.7. The van der Waals surface area contributed by atoms with Crippen molar-refractivity contribution in [1.82, 2.24) is 4.90 Å². The number of likely N-dealkylation sites (tertiary alicyclic amines) is 1. The summed E-state index contributed by atoms with van der Waals surface area (Å²) in [7, 11) is -3.08. The molecule has 0 saturated carbocycles. The summed E-state index contributed by atoms with van der Waals surface area (Å²) in [6, 6.07) is -0.349. The summed E-state index contributed by atoms with van der Waals surface area (Å²) < 4.78 is 22.7. The molecule has 0 radical (unpaired) electrons. The van der Waals surface area contributed by atoms with Gasteiger partial charge in [-0.15, -0.1) is 0 Å². The van der Waals surface area contributed by atoms with Gasteiger partial charge in [0.25, 0.3) is 0 Å². The van der Waals surface area contributed by atoms with E-state index in [1.54, 1.807) is 6.92 Å². The van der Waals surface area contributed by atoms with E-state index >= 15 is 0 Å². The van der Waals surface area contributed by atoms with Gasteiger partial charge in [-0.25, -0.2) is 8.42 Å². The molecule has 0 spiro atoms. The molecule has 0 aromatic carbocycles. The molecule has 102 valence electrons. The van der Waals surface area contributed by atoms with Gasteiger partial charge in [-0.05, 0) is 19.8 Å². The van der Waals surface area contributed by atoms with Crippen LogP contribution in [0.5, 0.6) is 0 Å². The molecule has 1 N–H and O–H groups in total. The minimum atomic E-state index is -3.08. The fourth-order valence-corrected chi connectivity index (χ4v) is 4.54. The Hall–Kier alpha value is -1.11. The van der Waals surface area contributed by atoms with Crippen LogP contribution in [0.15, 0.2) is 0 Å². The van der Waals surface area contributed by atoms with E-state index in [0.29, 0.717) is 19.4 Å². The second-order valence-electron chi connectivity index (χ2n) is 5.11. The highest BCUT2D eigenvalue weighted by atomic mass is 32.2. The lowest BCUT2D eigenvalue weighted by atomic mass is 10.0. The number of hydrogen-bond donors (Lipinski definition) is 1. The average Bonchev–Trinajstić information content (AvgIpc) is 2.80. The Morgan fingerprint density at radius 1 is 1.28 bits per heavy atom. The lowest BCUT2D eigenvalue weighted by molar-refractivity contribution is -0.143. The summed E-state index contributed by atoms with van der Waals surface area (Å²) in [5, 5.41) is 9.00. The predicted molar refractivity (Wildman–Crippen MR) is 63.7 cm³/mol. The van der Waals surface area contributed by atoms with Crippen molar-refractivity contribution in [2.45, 2.75) is 25.8 Å². The lowest BCUT2D eigenvalue weighted by Crippen LogP contribution is -2.41. The molecule has 0 aromatic heterocycles. The number of nitrogens with zero attached hydrogens (tertiary/aromatic N) is 1. The number of sulfone groups is 1. The number of hydrogen-bond acceptors (Lipinski definition) is 4. The zero-order chi connectivity index (χ0) is 13.5. The third-order valence-electron chi connectivity index (χ3n) is 3.94. The Labute approximate surface area is 106 Å². The van der Waals surface area contributed by atoms with Gasteiger partial charge >= 0.3 is 5.97 Å². The highest BCUT2D eigenvalue weighted by Crippen LogP contribution is 2.29. The first-order valence-corrected chi connectivity index (χ1v) is 7.87. The van der Waals surface area contributed by atoms with Crippen molar-refractivity contribution in [1.29, 1.82) is 0 Å². The first-order valence-electron chi connectivity index (χ1n) is 6.05. The first-order chi connectivity index (χ1) is 8.32. The molecule has 2 saturated heterocycles. The molecule has 3 unspecified atom stereocenters. The Balaban J connectivity index is 2.05. The summed E-state index contributed by atoms with van der Waals surface area (Å²) in [6.07, 6.45) is 0.809. The van der Waals surface area contributed by atoms with Gasteiger partial charge in [0.1, 0.15) is 0 Å². The Morgan fingerprint density at radius 3 is 2.39 bits per heavy atom. The summed E-state index contributed by atoms with van der Waals surface area (Å²) in [5.74, 6) is -2.14. The second kappa shape index (κ2) is 4.53. The highest BCUT2D eigenvalue weighted by Gasteiger charge is 2.42. The van der Waals surface area contributed by atoms with E-state index in [2.05, 4.69) is 0 Å². The van der Waals surface area contributed by atoms with Crippen LogP contribution in [0.25, 0.3) is 0 Å². The number of amides is 1. The predicted octanol–water partition coefficient (Wildman–Crippen LogP) is -0.257. The zero-order valence-electron chi connectivity index (χ0n) is 10.2. The van der Waals surface area contributed by atoms with Crippen LogP contribution in [0.2, 0.25) is 0 Å². The molecular weight excluding hydrogens is 258 g/mol. The van der Waals surface area contributed by atoms with Crippen molar-refractivity contribution in [3.8, 4) is 0 Å². The summed E-state index contributed by atoms with van der Waals surface area (Å²) in [4.78, 5) is 24.7. The van der Waals surface area contributed by atoms with E-state index in [9.17, 15) is 18.0 Å². The van der Waals surface area contributed by atoms with Crippen LogP contribution in [0, 0.1) is 11.8 Å². The Bertz CT molecular complexity index is 472. The van der Waals surface area contributed by atoms with Crippen LogP contribution in [0.3, 0.4) is 0 Å². The molecule has 7 heteroatoms. The minimum Gasteiger partial charge on any atom is -0.481 e. The third-order valence-corrected chi connectivity index (χ3v) is 5.70. The number of carboxylic acid groups (broad SMARTS) is 1. The van der Waals surface area contributed by atoms with Crippen molar-refractivity contribution >= 4 is 21.7 Å². The third kappa shape index (κ3) is 2.36. The number of aliphatic carboxylic acids is 1. The number of rotatable bonds is 2. The molecule has 2 aliphatic rings. The van der Waals surface area contributed by atoms with Crippen LogP contribution in [0.4, 0.5) is 0 Å². The van der Waals surface area contributed by atoms with Crippen LogP contribution < -0.4 is 0 Å². The maximum atomic E-state index is 12.2. The monoisotopic (exact) mass is 275 g/mol. The van der Waals surface area contributed by atoms with Crippen molar-refractivity contribution < 1.29 is 23.1 Å². The molecule has 6 nitrogen and oxygen atoms in total. The van der Waals surface area contributed by atoms with E-state index in [4.69, 9.17) is 5.11 Å². The van der Waals surface area contributed by atoms with E-state index in [1.165, 1.54) is 4.90 Å². The number of carbonyl (C=O) groups is 2. The first kappa shape index (κ1) is 13.3. The van der Waals surface area contributed by atoms with Crippen LogP contribution in [-0.4, -0.2) is 54.4 Å². The van der Waals surface area contributed by atoms with Crippen LogP contribution >= 0.6 is 0 Å². The number of carbonyl (C=O) groups excluding carboxylic acids is 1. The molecule has 1 amide bonds. The Kier molecular flexibility index (Phi) is 3.35. The van der Waals surface area contributed by atoms with Gasteiger partial charge < -0.3 is 10.0 Å². The van der Waals surface area contributed by atoms with Crippen molar-refractivity contribution in [2.24, 2.45) is 11.8 Å². The molecule has 2 rings (SSSR count). The molecule has 3 atom stereocenters. The standard InChI is InChI=1S/C11H17NO5S/c1-7-9(11(14)15)2-4-12(7)10(13)8-3-5-18(16,17)6-8/h7-9H,2-6H2,1H3,(H,14,15). The molecule has 2 aliphatic heterocycles. The average molecular weight is 275 g/mol. The van der Waals surface area contributed by atoms with Gasteiger partial charge in [-0.2, -0.15) is 0 Å². The largest absolute Gasteiger partial charge is 0.481 e. The summed E-state index contributed by atoms with van der Waals surface area (Å²) in [5.41, 5.74) is 0. The molecule has 2 fully saturated rings. The SMILES string of the molecule is CC1C(C(=O)O)CCN1C(=O)C1CCS(=O)(=O)C1. The molecule has 18 heavy (non-hydrogen) atoms. The second-order valence-corrected chi connectivity index (χ2v) is 7.33. The van der Waals surface area contributed by atoms with Crippen LogP contribution in [0.1, 0.15) is 19.8 Å². The van der Waals surface area contributed by atoms with E-state index < -0.39 is 27.6 Å². The van der Waals surface area contributed by atoms with Gasteiger partial charge in [0.05, 0.1) is 23.3 Å². The topological polar surface area (TPSA) is 91.8 Å². The van der Waals surface area contributed by atoms with Crippen LogP contribution in [-0.2, 0) is 19.4 Å². The van der Waals surface area contributed by atoms with Gasteiger partial charge in [0, 0.05) is 12.6 Å². The minimum absolute atomic E-state index is 0.0635. The Morgan fingerprint density at radius 2 is 1.94 bits per heavy atom.